The van der Waals surface area contributed by atoms with Crippen LogP contribution in [0.15, 0.2) is 36.9 Å². The molecule has 0 N–H and O–H groups in total. The molecule has 2 nitrogen and oxygen atoms in total. The lowest BCUT2D eigenvalue weighted by atomic mass is 9.95. The number of benzene rings is 1. The highest BCUT2D eigenvalue weighted by atomic mass is 31.1. The van der Waals surface area contributed by atoms with Crippen LogP contribution in [0, 0.1) is 5.92 Å². The van der Waals surface area contributed by atoms with E-state index in [4.69, 9.17) is 9.47 Å². The van der Waals surface area contributed by atoms with Crippen LogP contribution in [-0.2, 0) is 4.74 Å². The van der Waals surface area contributed by atoms with Gasteiger partial charge in [-0.15, -0.1) is 6.58 Å². The number of allylic oxidation sites excluding steroid dienone is 1. The van der Waals surface area contributed by atoms with Gasteiger partial charge in [0.15, 0.2) is 0 Å². The molecule has 3 atom stereocenters. The van der Waals surface area contributed by atoms with Crippen LogP contribution in [0.25, 0.3) is 0 Å². The molecule has 2 rings (SSSR count). The summed E-state index contributed by atoms with van der Waals surface area (Å²) < 4.78 is 11.5. The Balaban J connectivity index is 2.33. The van der Waals surface area contributed by atoms with Crippen molar-refractivity contribution >= 4 is 8.58 Å². The average Bonchev–Trinajstić information content (AvgIpc) is 2.40. The van der Waals surface area contributed by atoms with Crippen LogP contribution in [0.5, 0.6) is 5.75 Å². The van der Waals surface area contributed by atoms with Crippen molar-refractivity contribution in [3.8, 4) is 5.75 Å². The van der Waals surface area contributed by atoms with E-state index in [2.05, 4.69) is 32.6 Å². The lowest BCUT2D eigenvalue weighted by Gasteiger charge is -2.41. The number of methoxy groups -OCH3 is 1. The summed E-state index contributed by atoms with van der Waals surface area (Å²) in [4.78, 5) is 0. The summed E-state index contributed by atoms with van der Waals surface area (Å²) in [5.74, 6) is 1.49. The van der Waals surface area contributed by atoms with Crippen LogP contribution in [0.2, 0.25) is 0 Å². The van der Waals surface area contributed by atoms with Crippen molar-refractivity contribution in [2.75, 3.05) is 13.7 Å². The molecule has 1 heterocycles. The molecule has 0 aliphatic carbocycles. The fourth-order valence-corrected chi connectivity index (χ4v) is 4.40. The number of para-hydroxylation sites is 1. The molecule has 104 valence electrons. The van der Waals surface area contributed by atoms with E-state index in [0.29, 0.717) is 11.6 Å². The van der Waals surface area contributed by atoms with E-state index in [9.17, 15) is 0 Å². The smallest absolute Gasteiger partial charge is 0.122 e. The molecule has 0 spiro atoms. The van der Waals surface area contributed by atoms with E-state index in [-0.39, 0.29) is 5.34 Å². The predicted molar refractivity (Wildman–Crippen MR) is 82.4 cm³/mol. The molecule has 1 saturated heterocycles. The molecular formula is C16H23O2P. The van der Waals surface area contributed by atoms with Gasteiger partial charge in [0.1, 0.15) is 5.75 Å². The third-order valence-corrected chi connectivity index (χ3v) is 5.51. The van der Waals surface area contributed by atoms with Crippen molar-refractivity contribution in [2.45, 2.75) is 31.3 Å². The van der Waals surface area contributed by atoms with Crippen molar-refractivity contribution in [2.24, 2.45) is 5.92 Å². The number of hydrogen-bond acceptors (Lipinski definition) is 2. The highest BCUT2D eigenvalue weighted by Gasteiger charge is 2.36. The Morgan fingerprint density at radius 1 is 1.47 bits per heavy atom. The van der Waals surface area contributed by atoms with Gasteiger partial charge < -0.3 is 9.47 Å². The van der Waals surface area contributed by atoms with Crippen LogP contribution in [0.4, 0.5) is 0 Å². The standard InChI is InChI=1S/C16H23O2P/c1-5-8-12-11-18-16(2,3)19-15(12)13-9-6-7-10-14(13)17-4/h5-7,9-10,12,15,19H,1,8,11H2,2-4H3/t12-,15+/m1/s1. The van der Waals surface area contributed by atoms with Crippen LogP contribution >= 0.6 is 8.58 Å². The second kappa shape index (κ2) is 6.07. The second-order valence-electron chi connectivity index (χ2n) is 5.47. The van der Waals surface area contributed by atoms with Crippen molar-refractivity contribution < 1.29 is 9.47 Å². The van der Waals surface area contributed by atoms with Gasteiger partial charge in [0.05, 0.1) is 19.1 Å². The zero-order chi connectivity index (χ0) is 13.9. The minimum Gasteiger partial charge on any atom is -0.496 e. The molecule has 3 heteroatoms. The molecule has 0 bridgehead atoms. The topological polar surface area (TPSA) is 18.5 Å². The lowest BCUT2D eigenvalue weighted by Crippen LogP contribution is -2.32. The van der Waals surface area contributed by atoms with Gasteiger partial charge in [-0.3, -0.25) is 0 Å². The Morgan fingerprint density at radius 3 is 2.89 bits per heavy atom. The van der Waals surface area contributed by atoms with E-state index in [0.717, 1.165) is 27.4 Å². The second-order valence-corrected chi connectivity index (χ2v) is 7.58. The monoisotopic (exact) mass is 278 g/mol. The van der Waals surface area contributed by atoms with Gasteiger partial charge in [0.25, 0.3) is 0 Å². The lowest BCUT2D eigenvalue weighted by molar-refractivity contribution is 0.0102. The van der Waals surface area contributed by atoms with E-state index >= 15 is 0 Å². The summed E-state index contributed by atoms with van der Waals surface area (Å²) in [5, 5.41) is -0.0385. The van der Waals surface area contributed by atoms with Gasteiger partial charge in [-0.2, -0.15) is 0 Å². The van der Waals surface area contributed by atoms with Gasteiger partial charge in [0, 0.05) is 11.2 Å². The molecule has 0 radical (unpaired) electrons. The molecule has 19 heavy (non-hydrogen) atoms. The molecule has 1 aromatic carbocycles. The molecule has 0 saturated carbocycles. The average molecular weight is 278 g/mol. The fraction of sp³-hybridized carbons (Fsp3) is 0.500. The summed E-state index contributed by atoms with van der Waals surface area (Å²) in [7, 11) is 2.48. The zero-order valence-electron chi connectivity index (χ0n) is 12.0. The van der Waals surface area contributed by atoms with Crippen LogP contribution < -0.4 is 4.74 Å². The summed E-state index contributed by atoms with van der Waals surface area (Å²) in [5.41, 5.74) is 1.81. The highest BCUT2D eigenvalue weighted by Crippen LogP contribution is 2.55. The molecular weight excluding hydrogens is 255 g/mol. The van der Waals surface area contributed by atoms with E-state index < -0.39 is 0 Å². The van der Waals surface area contributed by atoms with Gasteiger partial charge in [-0.25, -0.2) is 0 Å². The van der Waals surface area contributed by atoms with E-state index in [1.165, 1.54) is 5.56 Å². The largest absolute Gasteiger partial charge is 0.496 e. The Hall–Kier alpha value is -0.850. The summed E-state index contributed by atoms with van der Waals surface area (Å²) in [6.45, 7) is 9.04. The Kier molecular flexibility index (Phi) is 4.65. The maximum atomic E-state index is 5.98. The first kappa shape index (κ1) is 14.6. The van der Waals surface area contributed by atoms with Crippen molar-refractivity contribution in [3.05, 3.63) is 42.5 Å². The first-order chi connectivity index (χ1) is 9.07. The Bertz CT molecular complexity index is 442. The molecule has 1 aliphatic heterocycles. The van der Waals surface area contributed by atoms with E-state index in [1.54, 1.807) is 7.11 Å². The molecule has 1 aliphatic rings. The maximum Gasteiger partial charge on any atom is 0.122 e. The normalized spacial score (nSPS) is 27.1. The first-order valence-electron chi connectivity index (χ1n) is 6.73. The number of hydrogen-bond donors (Lipinski definition) is 0. The third kappa shape index (κ3) is 3.38. The SMILES string of the molecule is C=CC[C@@H]1COC(C)(C)P[C@@H]1c1ccccc1OC. The zero-order valence-corrected chi connectivity index (χ0v) is 13.0. The molecule has 1 aromatic rings. The van der Waals surface area contributed by atoms with Crippen LogP contribution in [0.3, 0.4) is 0 Å². The molecule has 1 unspecified atom stereocenters. The highest BCUT2D eigenvalue weighted by molar-refractivity contribution is 7.40. The summed E-state index contributed by atoms with van der Waals surface area (Å²) >= 11 is 0. The quantitative estimate of drug-likeness (QED) is 0.601. The molecule has 1 fully saturated rings. The Morgan fingerprint density at radius 2 is 2.21 bits per heavy atom. The first-order valence-corrected chi connectivity index (χ1v) is 7.80. The fourth-order valence-electron chi connectivity index (χ4n) is 2.62. The van der Waals surface area contributed by atoms with Gasteiger partial charge in [0.2, 0.25) is 0 Å². The van der Waals surface area contributed by atoms with Gasteiger partial charge in [-0.05, 0) is 32.3 Å². The summed E-state index contributed by atoms with van der Waals surface area (Å²) in [6.07, 6.45) is 2.99. The number of rotatable bonds is 4. The van der Waals surface area contributed by atoms with Crippen LogP contribution in [-0.4, -0.2) is 19.1 Å². The van der Waals surface area contributed by atoms with Gasteiger partial charge in [-0.1, -0.05) is 32.9 Å². The minimum atomic E-state index is -0.0385. The van der Waals surface area contributed by atoms with Gasteiger partial charge >= 0.3 is 0 Å². The predicted octanol–water partition coefficient (Wildman–Crippen LogP) is 4.37. The van der Waals surface area contributed by atoms with Crippen molar-refractivity contribution in [3.63, 3.8) is 0 Å². The minimum absolute atomic E-state index is 0.0385. The number of ether oxygens (including phenoxy) is 2. The van der Waals surface area contributed by atoms with Crippen LogP contribution in [0.1, 0.15) is 31.5 Å². The Labute approximate surface area is 118 Å². The van der Waals surface area contributed by atoms with E-state index in [1.807, 2.05) is 18.2 Å². The third-order valence-electron chi connectivity index (χ3n) is 3.58. The molecule has 0 aromatic heterocycles. The maximum absolute atomic E-state index is 5.98. The van der Waals surface area contributed by atoms with Crippen molar-refractivity contribution in [1.29, 1.82) is 0 Å². The summed E-state index contributed by atoms with van der Waals surface area (Å²) in [6, 6.07) is 8.36. The molecule has 0 amide bonds. The van der Waals surface area contributed by atoms with Crippen molar-refractivity contribution in [1.82, 2.24) is 0 Å².